The second kappa shape index (κ2) is 7.19. The summed E-state index contributed by atoms with van der Waals surface area (Å²) < 4.78 is 0. The summed E-state index contributed by atoms with van der Waals surface area (Å²) in [6, 6.07) is 18.9. The maximum atomic E-state index is 12.9. The Labute approximate surface area is 157 Å². The van der Waals surface area contributed by atoms with Crippen molar-refractivity contribution in [1.82, 2.24) is 5.32 Å². The molecule has 0 spiro atoms. The van der Waals surface area contributed by atoms with Crippen molar-refractivity contribution in [2.75, 3.05) is 5.32 Å². The summed E-state index contributed by atoms with van der Waals surface area (Å²) in [5.41, 5.74) is 2.79. The Kier molecular flexibility index (Phi) is 4.59. The van der Waals surface area contributed by atoms with Crippen LogP contribution in [-0.4, -0.2) is 17.6 Å². The molecule has 4 rings (SSSR count). The van der Waals surface area contributed by atoms with Crippen LogP contribution < -0.4 is 10.6 Å². The summed E-state index contributed by atoms with van der Waals surface area (Å²) in [6.45, 7) is 0. The van der Waals surface area contributed by atoms with E-state index in [1.54, 1.807) is 12.1 Å². The number of carbonyl (C=O) groups excluding carboxylic acids is 3. The number of hydrogen-bond donors (Lipinski definition) is 2. The summed E-state index contributed by atoms with van der Waals surface area (Å²) >= 11 is 0. The number of allylic oxidation sites excluding steroid dienone is 1. The van der Waals surface area contributed by atoms with Gasteiger partial charge in [-0.3, -0.25) is 14.4 Å². The van der Waals surface area contributed by atoms with Crippen LogP contribution in [0, 0.1) is 5.92 Å². The van der Waals surface area contributed by atoms with Crippen LogP contribution >= 0.6 is 0 Å². The van der Waals surface area contributed by atoms with E-state index in [0.29, 0.717) is 29.8 Å². The Morgan fingerprint density at radius 1 is 0.889 bits per heavy atom. The number of rotatable bonds is 3. The lowest BCUT2D eigenvalue weighted by Crippen LogP contribution is -2.43. The van der Waals surface area contributed by atoms with E-state index in [9.17, 15) is 14.4 Å². The van der Waals surface area contributed by atoms with Gasteiger partial charge in [-0.05, 0) is 30.0 Å². The van der Waals surface area contributed by atoms with E-state index in [4.69, 9.17) is 0 Å². The van der Waals surface area contributed by atoms with Crippen LogP contribution in [0.4, 0.5) is 5.69 Å². The number of nitrogens with one attached hydrogen (secondary N) is 2. The summed E-state index contributed by atoms with van der Waals surface area (Å²) in [6.07, 6.45) is 0.916. The first-order chi connectivity index (χ1) is 13.1. The van der Waals surface area contributed by atoms with E-state index in [1.807, 2.05) is 48.5 Å². The molecular formula is C22H20N2O3. The first kappa shape index (κ1) is 17.2. The van der Waals surface area contributed by atoms with Gasteiger partial charge < -0.3 is 10.6 Å². The fourth-order valence-corrected chi connectivity index (χ4v) is 3.90. The van der Waals surface area contributed by atoms with Crippen LogP contribution in [0.1, 0.15) is 30.7 Å². The third kappa shape index (κ3) is 3.53. The minimum atomic E-state index is -0.738. The second-order valence-corrected chi connectivity index (χ2v) is 6.99. The Bertz CT molecular complexity index is 919. The SMILES string of the molecule is O=C1CC(C(=O)Nc2ccccc2)C2=C(CC(c3ccccc3)CC2=O)N1. The molecule has 2 aromatic rings. The van der Waals surface area contributed by atoms with Crippen molar-refractivity contribution in [3.63, 3.8) is 0 Å². The first-order valence-electron chi connectivity index (χ1n) is 9.09. The van der Waals surface area contributed by atoms with Gasteiger partial charge in [-0.2, -0.15) is 0 Å². The van der Waals surface area contributed by atoms with E-state index >= 15 is 0 Å². The molecule has 0 bridgehead atoms. The number of para-hydroxylation sites is 1. The largest absolute Gasteiger partial charge is 0.329 e. The normalized spacial score (nSPS) is 22.1. The topological polar surface area (TPSA) is 75.3 Å². The number of benzene rings is 2. The molecule has 27 heavy (non-hydrogen) atoms. The number of carbonyl (C=O) groups is 3. The molecule has 0 fully saturated rings. The van der Waals surface area contributed by atoms with Crippen molar-refractivity contribution in [3.05, 3.63) is 77.5 Å². The number of amides is 2. The highest BCUT2D eigenvalue weighted by molar-refractivity contribution is 6.09. The van der Waals surface area contributed by atoms with Gasteiger partial charge in [0.05, 0.1) is 5.92 Å². The van der Waals surface area contributed by atoms with Gasteiger partial charge >= 0.3 is 0 Å². The zero-order valence-electron chi connectivity index (χ0n) is 14.8. The molecule has 2 aromatic carbocycles. The van der Waals surface area contributed by atoms with Gasteiger partial charge in [-0.1, -0.05) is 48.5 Å². The Morgan fingerprint density at radius 3 is 2.26 bits per heavy atom. The molecule has 1 heterocycles. The van der Waals surface area contributed by atoms with Crippen molar-refractivity contribution in [3.8, 4) is 0 Å². The molecule has 2 amide bonds. The quantitative estimate of drug-likeness (QED) is 0.883. The highest BCUT2D eigenvalue weighted by Crippen LogP contribution is 2.39. The molecule has 1 aliphatic heterocycles. The zero-order valence-corrected chi connectivity index (χ0v) is 14.8. The average Bonchev–Trinajstić information content (AvgIpc) is 2.68. The molecular weight excluding hydrogens is 340 g/mol. The summed E-state index contributed by atoms with van der Waals surface area (Å²) in [7, 11) is 0. The molecule has 0 saturated carbocycles. The fraction of sp³-hybridized carbons (Fsp3) is 0.227. The summed E-state index contributed by atoms with van der Waals surface area (Å²) in [5.74, 6) is -1.30. The number of Topliss-reactive ketones (excluding diaryl/α,β-unsaturated/α-hetero) is 1. The molecule has 5 heteroatoms. The average molecular weight is 360 g/mol. The van der Waals surface area contributed by atoms with Crippen LogP contribution in [0.3, 0.4) is 0 Å². The Hall–Kier alpha value is -3.21. The molecule has 2 unspecified atom stereocenters. The molecule has 136 valence electrons. The lowest BCUT2D eigenvalue weighted by atomic mass is 9.75. The van der Waals surface area contributed by atoms with Crippen molar-refractivity contribution < 1.29 is 14.4 Å². The fourth-order valence-electron chi connectivity index (χ4n) is 3.90. The predicted molar refractivity (Wildman–Crippen MR) is 102 cm³/mol. The van der Waals surface area contributed by atoms with Gasteiger partial charge in [0.2, 0.25) is 11.8 Å². The minimum Gasteiger partial charge on any atom is -0.329 e. The van der Waals surface area contributed by atoms with Crippen molar-refractivity contribution in [2.45, 2.75) is 25.2 Å². The van der Waals surface area contributed by atoms with Gasteiger partial charge in [0.15, 0.2) is 5.78 Å². The minimum absolute atomic E-state index is 0.000750. The van der Waals surface area contributed by atoms with Crippen LogP contribution in [0.2, 0.25) is 0 Å². The van der Waals surface area contributed by atoms with Crippen molar-refractivity contribution >= 4 is 23.3 Å². The molecule has 0 saturated heterocycles. The molecule has 2 atom stereocenters. The highest BCUT2D eigenvalue weighted by Gasteiger charge is 2.40. The van der Waals surface area contributed by atoms with E-state index in [0.717, 1.165) is 5.56 Å². The highest BCUT2D eigenvalue weighted by atomic mass is 16.2. The third-order valence-corrected chi connectivity index (χ3v) is 5.16. The monoisotopic (exact) mass is 360 g/mol. The standard InChI is InChI=1S/C22H20N2O3/c25-19-12-15(14-7-3-1-4-8-14)11-18-21(19)17(13-20(26)24-18)22(27)23-16-9-5-2-6-10-16/h1-10,15,17H,11-13H2,(H,23,27)(H,24,26). The van der Waals surface area contributed by atoms with Crippen LogP contribution in [-0.2, 0) is 14.4 Å². The van der Waals surface area contributed by atoms with E-state index < -0.39 is 5.92 Å². The van der Waals surface area contributed by atoms with E-state index in [-0.39, 0.29) is 29.9 Å². The smallest absolute Gasteiger partial charge is 0.232 e. The maximum Gasteiger partial charge on any atom is 0.232 e. The van der Waals surface area contributed by atoms with Crippen LogP contribution in [0.15, 0.2) is 71.9 Å². The Balaban J connectivity index is 1.61. The molecule has 2 aliphatic rings. The lowest BCUT2D eigenvalue weighted by molar-refractivity contribution is -0.129. The van der Waals surface area contributed by atoms with Gasteiger partial charge in [0, 0.05) is 29.8 Å². The number of hydrogen-bond acceptors (Lipinski definition) is 3. The molecule has 1 aliphatic carbocycles. The predicted octanol–water partition coefficient (Wildman–Crippen LogP) is 3.16. The maximum absolute atomic E-state index is 12.9. The molecule has 0 radical (unpaired) electrons. The molecule has 0 aromatic heterocycles. The first-order valence-corrected chi connectivity index (χ1v) is 9.09. The van der Waals surface area contributed by atoms with E-state index in [2.05, 4.69) is 10.6 Å². The molecule has 2 N–H and O–H groups in total. The van der Waals surface area contributed by atoms with Gasteiger partial charge in [0.1, 0.15) is 0 Å². The number of ketones is 1. The summed E-state index contributed by atoms with van der Waals surface area (Å²) in [5, 5.41) is 5.66. The van der Waals surface area contributed by atoms with Gasteiger partial charge in [-0.25, -0.2) is 0 Å². The third-order valence-electron chi connectivity index (χ3n) is 5.16. The van der Waals surface area contributed by atoms with Crippen LogP contribution in [0.5, 0.6) is 0 Å². The zero-order chi connectivity index (χ0) is 18.8. The van der Waals surface area contributed by atoms with Crippen molar-refractivity contribution in [1.29, 1.82) is 0 Å². The lowest BCUT2D eigenvalue weighted by Gasteiger charge is -2.33. The Morgan fingerprint density at radius 2 is 1.56 bits per heavy atom. The molecule has 5 nitrogen and oxygen atoms in total. The van der Waals surface area contributed by atoms with Crippen LogP contribution in [0.25, 0.3) is 0 Å². The number of anilines is 1. The second-order valence-electron chi connectivity index (χ2n) is 6.99. The van der Waals surface area contributed by atoms with Crippen molar-refractivity contribution in [2.24, 2.45) is 5.92 Å². The van der Waals surface area contributed by atoms with Gasteiger partial charge in [-0.15, -0.1) is 0 Å². The van der Waals surface area contributed by atoms with E-state index in [1.165, 1.54) is 0 Å². The summed E-state index contributed by atoms with van der Waals surface area (Å²) in [4.78, 5) is 37.9. The van der Waals surface area contributed by atoms with Gasteiger partial charge in [0.25, 0.3) is 0 Å².